The molecule has 0 nitrogen and oxygen atoms in total. The zero-order chi connectivity index (χ0) is 17.6. The minimum absolute atomic E-state index is 1.00. The first-order chi connectivity index (χ1) is 12.2. The van der Waals surface area contributed by atoms with Crippen LogP contribution in [0.1, 0.15) is 52.3 Å². The summed E-state index contributed by atoms with van der Waals surface area (Å²) in [6.07, 6.45) is 4.41. The van der Waals surface area contributed by atoms with Gasteiger partial charge >= 0.3 is 0 Å². The summed E-state index contributed by atoms with van der Waals surface area (Å²) in [5, 5.41) is 0. The zero-order valence-electron chi connectivity index (χ0n) is 15.7. The number of benzene rings is 3. The lowest BCUT2D eigenvalue weighted by molar-refractivity contribution is 0.914. The molecule has 0 heterocycles. The van der Waals surface area contributed by atoms with Crippen molar-refractivity contribution < 1.29 is 0 Å². The summed E-state index contributed by atoms with van der Waals surface area (Å²) in [7, 11) is 0. The van der Waals surface area contributed by atoms with Crippen molar-refractivity contribution in [3.05, 3.63) is 106 Å². The molecule has 0 aliphatic heterocycles. The van der Waals surface area contributed by atoms with Crippen LogP contribution in [0.5, 0.6) is 0 Å². The van der Waals surface area contributed by atoms with Crippen LogP contribution in [0.2, 0.25) is 0 Å². The maximum absolute atomic E-state index is 2.37. The number of rotatable bonds is 6. The molecule has 0 radical (unpaired) electrons. The Bertz CT molecular complexity index is 805. The molecular weight excluding hydrogens is 300 g/mol. The lowest BCUT2D eigenvalue weighted by atomic mass is 9.92. The second-order valence-corrected chi connectivity index (χ2v) is 7.12. The van der Waals surface area contributed by atoms with Crippen LogP contribution in [0, 0.1) is 13.8 Å². The van der Waals surface area contributed by atoms with Crippen molar-refractivity contribution in [3.63, 3.8) is 0 Å². The minimum Gasteiger partial charge on any atom is -0.0651 e. The molecule has 25 heavy (non-hydrogen) atoms. The lowest BCUT2D eigenvalue weighted by Gasteiger charge is -2.13. The molecule has 0 spiro atoms. The van der Waals surface area contributed by atoms with Crippen LogP contribution >= 0.6 is 0 Å². The van der Waals surface area contributed by atoms with Crippen LogP contribution in [-0.2, 0) is 19.3 Å². The number of aryl methyl sites for hydroxylation is 3. The van der Waals surface area contributed by atoms with Crippen molar-refractivity contribution in [1.82, 2.24) is 0 Å². The second-order valence-electron chi connectivity index (χ2n) is 7.12. The van der Waals surface area contributed by atoms with E-state index in [1.165, 1.54) is 51.8 Å². The molecule has 0 saturated carbocycles. The SMILES string of the molecule is CCCc1cc(C)c(Cc2cccc(Cc3ccccc3)c2)c(C)c1. The predicted molar refractivity (Wildman–Crippen MR) is 108 cm³/mol. The summed E-state index contributed by atoms with van der Waals surface area (Å²) in [5.41, 5.74) is 9.98. The van der Waals surface area contributed by atoms with Gasteiger partial charge in [0.25, 0.3) is 0 Å². The van der Waals surface area contributed by atoms with Gasteiger partial charge in [0, 0.05) is 0 Å². The van der Waals surface area contributed by atoms with Gasteiger partial charge in [-0.1, -0.05) is 80.1 Å². The molecule has 0 aliphatic carbocycles. The summed E-state index contributed by atoms with van der Waals surface area (Å²) in [6, 6.07) is 24.5. The quantitative estimate of drug-likeness (QED) is 0.488. The summed E-state index contributed by atoms with van der Waals surface area (Å²) in [5.74, 6) is 0. The van der Waals surface area contributed by atoms with Gasteiger partial charge < -0.3 is 0 Å². The third-order valence-corrected chi connectivity index (χ3v) is 4.92. The molecule has 0 unspecified atom stereocenters. The van der Waals surface area contributed by atoms with Crippen molar-refractivity contribution in [2.24, 2.45) is 0 Å². The first kappa shape index (κ1) is 17.5. The molecule has 3 aromatic carbocycles. The molecule has 0 bridgehead atoms. The Hall–Kier alpha value is -2.34. The van der Waals surface area contributed by atoms with Gasteiger partial charge in [-0.05, 0) is 72.1 Å². The van der Waals surface area contributed by atoms with Gasteiger partial charge in [0.15, 0.2) is 0 Å². The predicted octanol–water partition coefficient (Wildman–Crippen LogP) is 6.44. The molecule has 0 atom stereocenters. The maximum atomic E-state index is 2.37. The molecule has 0 heteroatoms. The molecule has 0 amide bonds. The molecule has 0 N–H and O–H groups in total. The smallest absolute Gasteiger partial charge is 0.00204 e. The Labute approximate surface area is 152 Å². The topological polar surface area (TPSA) is 0 Å². The summed E-state index contributed by atoms with van der Waals surface area (Å²) in [4.78, 5) is 0. The Morgan fingerprint density at radius 1 is 0.600 bits per heavy atom. The normalized spacial score (nSPS) is 10.8. The van der Waals surface area contributed by atoms with E-state index in [1.54, 1.807) is 0 Å². The van der Waals surface area contributed by atoms with Gasteiger partial charge in [-0.15, -0.1) is 0 Å². The first-order valence-electron chi connectivity index (χ1n) is 9.36. The highest BCUT2D eigenvalue weighted by Gasteiger charge is 2.07. The van der Waals surface area contributed by atoms with Gasteiger partial charge in [-0.25, -0.2) is 0 Å². The highest BCUT2D eigenvalue weighted by Crippen LogP contribution is 2.22. The third-order valence-electron chi connectivity index (χ3n) is 4.92. The van der Waals surface area contributed by atoms with E-state index in [1.807, 2.05) is 0 Å². The van der Waals surface area contributed by atoms with E-state index < -0.39 is 0 Å². The van der Waals surface area contributed by atoms with Gasteiger partial charge in [0.2, 0.25) is 0 Å². The number of hydrogen-bond acceptors (Lipinski definition) is 0. The van der Waals surface area contributed by atoms with E-state index >= 15 is 0 Å². The Morgan fingerprint density at radius 3 is 1.84 bits per heavy atom. The molecule has 0 aromatic heterocycles. The average molecular weight is 328 g/mol. The third kappa shape index (κ3) is 4.60. The number of hydrogen-bond donors (Lipinski definition) is 0. The van der Waals surface area contributed by atoms with E-state index in [0.29, 0.717) is 0 Å². The first-order valence-corrected chi connectivity index (χ1v) is 9.36. The molecule has 0 saturated heterocycles. The Kier molecular flexibility index (Phi) is 5.71. The van der Waals surface area contributed by atoms with E-state index in [0.717, 1.165) is 12.8 Å². The van der Waals surface area contributed by atoms with Crippen LogP contribution in [-0.4, -0.2) is 0 Å². The lowest BCUT2D eigenvalue weighted by Crippen LogP contribution is -1.99. The summed E-state index contributed by atoms with van der Waals surface area (Å²) < 4.78 is 0. The highest BCUT2D eigenvalue weighted by atomic mass is 14.1. The largest absolute Gasteiger partial charge is 0.0651 e. The molecule has 0 fully saturated rings. The summed E-state index contributed by atoms with van der Waals surface area (Å²) >= 11 is 0. The van der Waals surface area contributed by atoms with E-state index in [9.17, 15) is 0 Å². The second kappa shape index (κ2) is 8.16. The molecule has 0 aliphatic rings. The fourth-order valence-corrected chi connectivity index (χ4v) is 3.68. The van der Waals surface area contributed by atoms with Gasteiger partial charge in [0.1, 0.15) is 0 Å². The maximum Gasteiger partial charge on any atom is -0.00204 e. The van der Waals surface area contributed by atoms with E-state index in [2.05, 4.69) is 87.5 Å². The minimum atomic E-state index is 1.00. The fraction of sp³-hybridized carbons (Fsp3) is 0.280. The fourth-order valence-electron chi connectivity index (χ4n) is 3.68. The zero-order valence-corrected chi connectivity index (χ0v) is 15.7. The van der Waals surface area contributed by atoms with Crippen molar-refractivity contribution in [2.75, 3.05) is 0 Å². The molecule has 3 rings (SSSR count). The molecule has 3 aromatic rings. The highest BCUT2D eigenvalue weighted by molar-refractivity contribution is 5.42. The Morgan fingerprint density at radius 2 is 1.20 bits per heavy atom. The van der Waals surface area contributed by atoms with E-state index in [4.69, 9.17) is 0 Å². The van der Waals surface area contributed by atoms with Crippen molar-refractivity contribution >= 4 is 0 Å². The van der Waals surface area contributed by atoms with Crippen LogP contribution in [0.25, 0.3) is 0 Å². The average Bonchev–Trinajstić information content (AvgIpc) is 2.60. The molecular formula is C25H28. The van der Waals surface area contributed by atoms with Crippen molar-refractivity contribution in [1.29, 1.82) is 0 Å². The van der Waals surface area contributed by atoms with Crippen LogP contribution in [0.3, 0.4) is 0 Å². The molecule has 128 valence electrons. The van der Waals surface area contributed by atoms with Gasteiger partial charge in [0.05, 0.1) is 0 Å². The van der Waals surface area contributed by atoms with E-state index in [-0.39, 0.29) is 0 Å². The van der Waals surface area contributed by atoms with Crippen LogP contribution in [0.4, 0.5) is 0 Å². The van der Waals surface area contributed by atoms with Crippen LogP contribution in [0.15, 0.2) is 66.7 Å². The standard InChI is InChI=1S/C25H28/c1-4-9-22-14-19(2)25(20(3)15-22)18-24-13-8-12-23(17-24)16-21-10-6-5-7-11-21/h5-8,10-15,17H,4,9,16,18H2,1-3H3. The summed E-state index contributed by atoms with van der Waals surface area (Å²) in [6.45, 7) is 6.77. The Balaban J connectivity index is 1.80. The van der Waals surface area contributed by atoms with Gasteiger partial charge in [-0.3, -0.25) is 0 Å². The monoisotopic (exact) mass is 328 g/mol. The van der Waals surface area contributed by atoms with Crippen molar-refractivity contribution in [2.45, 2.75) is 46.5 Å². The van der Waals surface area contributed by atoms with Crippen LogP contribution < -0.4 is 0 Å². The van der Waals surface area contributed by atoms with Crippen molar-refractivity contribution in [3.8, 4) is 0 Å². The van der Waals surface area contributed by atoms with Gasteiger partial charge in [-0.2, -0.15) is 0 Å².